The molecule has 1 aliphatic rings. The van der Waals surface area contributed by atoms with Gasteiger partial charge in [-0.25, -0.2) is 13.1 Å². The molecule has 7 heteroatoms. The number of amides is 1. The smallest absolute Gasteiger partial charge is 0.254 e. The van der Waals surface area contributed by atoms with Crippen LogP contribution in [-0.4, -0.2) is 44.1 Å². The topological polar surface area (TPSA) is 66.5 Å². The normalized spacial score (nSPS) is 19.0. The molecule has 1 aliphatic heterocycles. The van der Waals surface area contributed by atoms with Crippen LogP contribution in [0.2, 0.25) is 5.02 Å². The molecule has 0 saturated carbocycles. The van der Waals surface area contributed by atoms with Crippen LogP contribution in [0.25, 0.3) is 0 Å². The highest BCUT2D eigenvalue weighted by molar-refractivity contribution is 7.90. The zero-order valence-electron chi connectivity index (χ0n) is 12.1. The molecule has 1 amide bonds. The lowest BCUT2D eigenvalue weighted by Crippen LogP contribution is -2.37. The van der Waals surface area contributed by atoms with Crippen LogP contribution in [0.15, 0.2) is 18.2 Å². The van der Waals surface area contributed by atoms with Gasteiger partial charge >= 0.3 is 0 Å². The van der Waals surface area contributed by atoms with E-state index in [1.807, 2.05) is 6.92 Å². The Morgan fingerprint density at radius 1 is 1.48 bits per heavy atom. The molecule has 116 valence electrons. The molecule has 0 spiro atoms. The Morgan fingerprint density at radius 3 is 2.81 bits per heavy atom. The monoisotopic (exact) mass is 330 g/mol. The van der Waals surface area contributed by atoms with Gasteiger partial charge in [0, 0.05) is 30.2 Å². The van der Waals surface area contributed by atoms with Crippen molar-refractivity contribution in [2.75, 3.05) is 19.6 Å². The first-order chi connectivity index (χ1) is 9.85. The molecule has 1 aromatic rings. The fourth-order valence-corrected chi connectivity index (χ4v) is 4.18. The molecule has 1 N–H and O–H groups in total. The summed E-state index contributed by atoms with van der Waals surface area (Å²) in [5.74, 6) is -0.140. The summed E-state index contributed by atoms with van der Waals surface area (Å²) in [6.45, 7) is 4.62. The number of likely N-dealkylation sites (tertiary alicyclic amines) is 1. The summed E-state index contributed by atoms with van der Waals surface area (Å²) < 4.78 is 26.5. The summed E-state index contributed by atoms with van der Waals surface area (Å²) in [5.41, 5.74) is 1.37. The van der Waals surface area contributed by atoms with Gasteiger partial charge in [0.05, 0.1) is 5.25 Å². The Bertz CT molecular complexity index is 646. The first kappa shape index (κ1) is 16.3. The first-order valence-corrected chi connectivity index (χ1v) is 8.81. The molecule has 1 heterocycles. The van der Waals surface area contributed by atoms with Crippen molar-refractivity contribution in [1.82, 2.24) is 9.62 Å². The van der Waals surface area contributed by atoms with Gasteiger partial charge in [0.15, 0.2) is 0 Å². The molecule has 0 bridgehead atoms. The number of halogens is 1. The Morgan fingerprint density at radius 2 is 2.19 bits per heavy atom. The van der Waals surface area contributed by atoms with Crippen molar-refractivity contribution in [3.63, 3.8) is 0 Å². The van der Waals surface area contributed by atoms with Crippen molar-refractivity contribution in [3.8, 4) is 0 Å². The Balaban J connectivity index is 2.12. The Hall–Kier alpha value is -1.11. The Kier molecular flexibility index (Phi) is 4.91. The van der Waals surface area contributed by atoms with Crippen LogP contribution < -0.4 is 4.72 Å². The van der Waals surface area contributed by atoms with E-state index in [2.05, 4.69) is 4.72 Å². The van der Waals surface area contributed by atoms with E-state index in [4.69, 9.17) is 11.6 Å². The molecule has 0 aliphatic carbocycles. The zero-order valence-corrected chi connectivity index (χ0v) is 13.7. The Labute approximate surface area is 130 Å². The first-order valence-electron chi connectivity index (χ1n) is 6.89. The number of nitrogens with one attached hydrogen (secondary N) is 1. The molecule has 1 fully saturated rings. The number of nitrogens with zero attached hydrogens (tertiary/aromatic N) is 1. The summed E-state index contributed by atoms with van der Waals surface area (Å²) >= 11 is 5.89. The number of aryl methyl sites for hydroxylation is 1. The minimum absolute atomic E-state index is 0.140. The molecule has 2 rings (SSSR count). The van der Waals surface area contributed by atoms with Crippen LogP contribution in [0, 0.1) is 6.92 Å². The van der Waals surface area contributed by atoms with Crippen LogP contribution in [0.5, 0.6) is 0 Å². The van der Waals surface area contributed by atoms with E-state index >= 15 is 0 Å². The van der Waals surface area contributed by atoms with E-state index < -0.39 is 15.3 Å². The molecule has 1 saturated heterocycles. The highest BCUT2D eigenvalue weighted by Crippen LogP contribution is 2.21. The maximum absolute atomic E-state index is 12.5. The van der Waals surface area contributed by atoms with Gasteiger partial charge in [0.1, 0.15) is 0 Å². The number of sulfonamides is 1. The van der Waals surface area contributed by atoms with Crippen molar-refractivity contribution in [1.29, 1.82) is 0 Å². The number of rotatable bonds is 4. The average molecular weight is 331 g/mol. The molecular formula is C14H19ClN2O3S. The van der Waals surface area contributed by atoms with E-state index in [0.717, 1.165) is 5.56 Å². The van der Waals surface area contributed by atoms with Crippen LogP contribution in [0.1, 0.15) is 29.3 Å². The largest absolute Gasteiger partial charge is 0.337 e. The van der Waals surface area contributed by atoms with Gasteiger partial charge in [0.2, 0.25) is 10.0 Å². The lowest BCUT2D eigenvalue weighted by Gasteiger charge is -2.18. The molecule has 1 aromatic carbocycles. The summed E-state index contributed by atoms with van der Waals surface area (Å²) in [6.07, 6.45) is 0.466. The standard InChI is InChI=1S/C14H19ClN2O3S/c1-3-16-21(19,20)12-6-7-17(9-12)14(18)13-5-4-11(15)8-10(13)2/h4-5,8,12,16H,3,6-7,9H2,1-2H3. The van der Waals surface area contributed by atoms with Crippen LogP contribution in [0.4, 0.5) is 0 Å². The maximum atomic E-state index is 12.5. The molecule has 5 nitrogen and oxygen atoms in total. The lowest BCUT2D eigenvalue weighted by molar-refractivity contribution is 0.0792. The maximum Gasteiger partial charge on any atom is 0.254 e. The predicted octanol–water partition coefficient (Wildman–Crippen LogP) is 1.80. The number of hydrogen-bond donors (Lipinski definition) is 1. The van der Waals surface area contributed by atoms with Gasteiger partial charge in [-0.3, -0.25) is 4.79 Å². The fraction of sp³-hybridized carbons (Fsp3) is 0.500. The van der Waals surface area contributed by atoms with Crippen molar-refractivity contribution in [3.05, 3.63) is 34.3 Å². The van der Waals surface area contributed by atoms with Crippen molar-refractivity contribution < 1.29 is 13.2 Å². The van der Waals surface area contributed by atoms with Gasteiger partial charge in [0.25, 0.3) is 5.91 Å². The minimum atomic E-state index is -3.34. The average Bonchev–Trinajstić information content (AvgIpc) is 2.88. The van der Waals surface area contributed by atoms with Crippen molar-refractivity contribution in [2.24, 2.45) is 0 Å². The van der Waals surface area contributed by atoms with Gasteiger partial charge in [-0.05, 0) is 37.1 Å². The van der Waals surface area contributed by atoms with E-state index in [9.17, 15) is 13.2 Å². The minimum Gasteiger partial charge on any atom is -0.337 e. The van der Waals surface area contributed by atoms with Gasteiger partial charge in [-0.15, -0.1) is 0 Å². The van der Waals surface area contributed by atoms with Crippen LogP contribution >= 0.6 is 11.6 Å². The number of carbonyl (C=O) groups is 1. The predicted molar refractivity (Wildman–Crippen MR) is 83.1 cm³/mol. The van der Waals surface area contributed by atoms with E-state index in [-0.39, 0.29) is 12.5 Å². The van der Waals surface area contributed by atoms with Crippen molar-refractivity contribution >= 4 is 27.5 Å². The SMILES string of the molecule is CCNS(=O)(=O)C1CCN(C(=O)c2ccc(Cl)cc2C)C1. The second kappa shape index (κ2) is 6.34. The van der Waals surface area contributed by atoms with E-state index in [0.29, 0.717) is 30.1 Å². The number of carbonyl (C=O) groups excluding carboxylic acids is 1. The third kappa shape index (κ3) is 3.56. The van der Waals surface area contributed by atoms with Gasteiger partial charge in [-0.1, -0.05) is 18.5 Å². The third-order valence-corrected chi connectivity index (χ3v) is 5.82. The van der Waals surface area contributed by atoms with Crippen LogP contribution in [-0.2, 0) is 10.0 Å². The summed E-state index contributed by atoms with van der Waals surface area (Å²) in [6, 6.07) is 5.09. The van der Waals surface area contributed by atoms with Crippen molar-refractivity contribution in [2.45, 2.75) is 25.5 Å². The van der Waals surface area contributed by atoms with Gasteiger partial charge < -0.3 is 4.90 Å². The van der Waals surface area contributed by atoms with E-state index in [1.165, 1.54) is 0 Å². The highest BCUT2D eigenvalue weighted by atomic mass is 35.5. The quantitative estimate of drug-likeness (QED) is 0.915. The summed E-state index contributed by atoms with van der Waals surface area (Å²) in [7, 11) is -3.34. The van der Waals surface area contributed by atoms with Gasteiger partial charge in [-0.2, -0.15) is 0 Å². The fourth-order valence-electron chi connectivity index (χ4n) is 2.52. The number of benzene rings is 1. The second-order valence-electron chi connectivity index (χ2n) is 5.16. The molecule has 1 atom stereocenters. The molecule has 1 unspecified atom stereocenters. The van der Waals surface area contributed by atoms with Crippen LogP contribution in [0.3, 0.4) is 0 Å². The van der Waals surface area contributed by atoms with E-state index in [1.54, 1.807) is 30.0 Å². The molecule has 0 aromatic heterocycles. The lowest BCUT2D eigenvalue weighted by atomic mass is 10.1. The number of hydrogen-bond acceptors (Lipinski definition) is 3. The molecule has 0 radical (unpaired) electrons. The second-order valence-corrected chi connectivity index (χ2v) is 7.65. The third-order valence-electron chi connectivity index (χ3n) is 3.64. The zero-order chi connectivity index (χ0) is 15.6. The molecular weight excluding hydrogens is 312 g/mol. The summed E-state index contributed by atoms with van der Waals surface area (Å²) in [5, 5.41) is 0.0482. The molecule has 21 heavy (non-hydrogen) atoms. The highest BCUT2D eigenvalue weighted by Gasteiger charge is 2.35. The summed E-state index contributed by atoms with van der Waals surface area (Å²) in [4.78, 5) is 14.1.